The molecule has 162 valence electrons. The number of rotatable bonds is 4. The Balaban J connectivity index is 1.94. The Morgan fingerprint density at radius 1 is 0.938 bits per heavy atom. The van der Waals surface area contributed by atoms with Crippen LogP contribution >= 0.6 is 15.9 Å². The van der Waals surface area contributed by atoms with Crippen LogP contribution < -0.4 is 22.1 Å². The van der Waals surface area contributed by atoms with E-state index in [1.165, 1.54) is 13.7 Å². The van der Waals surface area contributed by atoms with E-state index in [2.05, 4.69) is 21.2 Å². The van der Waals surface area contributed by atoms with Crippen molar-refractivity contribution >= 4 is 38.3 Å². The summed E-state index contributed by atoms with van der Waals surface area (Å²) in [6.45, 7) is 1.66. The summed E-state index contributed by atoms with van der Waals surface area (Å²) in [5, 5.41) is 3.57. The number of aromatic nitrogens is 3. The Morgan fingerprint density at radius 2 is 1.59 bits per heavy atom. The summed E-state index contributed by atoms with van der Waals surface area (Å²) in [6, 6.07) is 16.5. The van der Waals surface area contributed by atoms with Crippen LogP contribution in [0.25, 0.3) is 16.6 Å². The van der Waals surface area contributed by atoms with Crippen LogP contribution in [0.1, 0.15) is 24.4 Å². The van der Waals surface area contributed by atoms with Crippen molar-refractivity contribution in [3.05, 3.63) is 95.8 Å². The van der Waals surface area contributed by atoms with Crippen LogP contribution in [-0.2, 0) is 7.05 Å². The first-order chi connectivity index (χ1) is 15.4. The molecule has 0 bridgehead atoms. The first kappa shape index (κ1) is 20.5. The maximum atomic E-state index is 13.7. The summed E-state index contributed by atoms with van der Waals surface area (Å²) in [7, 11) is 1.63. The maximum Gasteiger partial charge on any atom is 0.336 e. The zero-order chi connectivity index (χ0) is 22.6. The van der Waals surface area contributed by atoms with Gasteiger partial charge in [-0.05, 0) is 56.2 Å². The lowest BCUT2D eigenvalue weighted by molar-refractivity contribution is 0.643. The molecular formula is C24H21BrN4O3. The number of nitrogens with one attached hydrogen (secondary N) is 1. The Bertz CT molecular complexity index is 1530. The summed E-state index contributed by atoms with van der Waals surface area (Å²) < 4.78 is 5.20. The lowest BCUT2D eigenvalue weighted by Crippen LogP contribution is -2.41. The third kappa shape index (κ3) is 3.22. The molecule has 0 spiro atoms. The molecule has 32 heavy (non-hydrogen) atoms. The number of nitrogens with zero attached hydrogens (tertiary/aromatic N) is 3. The fourth-order valence-corrected chi connectivity index (χ4v) is 4.37. The van der Waals surface area contributed by atoms with Gasteiger partial charge in [-0.3, -0.25) is 23.3 Å². The molecule has 2 aromatic heterocycles. The second-order valence-corrected chi connectivity index (χ2v) is 8.97. The van der Waals surface area contributed by atoms with Gasteiger partial charge in [-0.15, -0.1) is 0 Å². The molecule has 7 nitrogen and oxygen atoms in total. The highest BCUT2D eigenvalue weighted by molar-refractivity contribution is 9.10. The number of halogens is 1. The fourth-order valence-electron chi connectivity index (χ4n) is 4.10. The normalized spacial score (nSPS) is 13.5. The molecule has 1 saturated carbocycles. The molecule has 5 rings (SSSR count). The molecule has 0 unspecified atom stereocenters. The lowest BCUT2D eigenvalue weighted by atomic mass is 10.1. The molecule has 0 atom stereocenters. The van der Waals surface area contributed by atoms with Crippen molar-refractivity contribution in [3.8, 4) is 5.69 Å². The maximum absolute atomic E-state index is 13.7. The van der Waals surface area contributed by atoms with Gasteiger partial charge in [0.05, 0.1) is 11.2 Å². The second-order valence-electron chi connectivity index (χ2n) is 8.05. The number of anilines is 2. The number of pyridine rings is 1. The SMILES string of the molecule is Cc1c(=O)n(C)c(Nc2ccc(Br)cc2)c2c(=O)n(C3CC3)c(=O)n(-c3ccccc3)c12. The summed E-state index contributed by atoms with van der Waals surface area (Å²) in [4.78, 5) is 40.4. The molecule has 0 amide bonds. The number of benzene rings is 2. The van der Waals surface area contributed by atoms with Crippen LogP contribution in [0.15, 0.2) is 73.5 Å². The Hall–Kier alpha value is -3.39. The van der Waals surface area contributed by atoms with E-state index in [0.717, 1.165) is 23.0 Å². The van der Waals surface area contributed by atoms with Gasteiger partial charge in [-0.25, -0.2) is 4.79 Å². The number of fused-ring (bicyclic) bond motifs is 1. The van der Waals surface area contributed by atoms with E-state index in [1.54, 1.807) is 26.1 Å². The zero-order valence-corrected chi connectivity index (χ0v) is 19.2. The van der Waals surface area contributed by atoms with Crippen molar-refractivity contribution in [1.29, 1.82) is 0 Å². The minimum atomic E-state index is -0.415. The predicted molar refractivity (Wildman–Crippen MR) is 129 cm³/mol. The molecule has 0 aliphatic heterocycles. The van der Waals surface area contributed by atoms with Crippen molar-refractivity contribution in [2.45, 2.75) is 25.8 Å². The quantitative estimate of drug-likeness (QED) is 0.466. The topological polar surface area (TPSA) is 78.0 Å². The number of hydrogen-bond donors (Lipinski definition) is 1. The minimum absolute atomic E-state index is 0.118. The molecular weight excluding hydrogens is 472 g/mol. The van der Waals surface area contributed by atoms with Gasteiger partial charge in [0.15, 0.2) is 0 Å². The largest absolute Gasteiger partial charge is 0.341 e. The van der Waals surface area contributed by atoms with Crippen LogP contribution in [0.2, 0.25) is 0 Å². The van der Waals surface area contributed by atoms with E-state index in [9.17, 15) is 14.4 Å². The monoisotopic (exact) mass is 492 g/mol. The summed E-state index contributed by atoms with van der Waals surface area (Å²) in [6.07, 6.45) is 1.57. The highest BCUT2D eigenvalue weighted by Crippen LogP contribution is 2.34. The highest BCUT2D eigenvalue weighted by Gasteiger charge is 2.31. The first-order valence-corrected chi connectivity index (χ1v) is 11.2. The van der Waals surface area contributed by atoms with Gasteiger partial charge in [0.2, 0.25) is 0 Å². The van der Waals surface area contributed by atoms with Gasteiger partial charge in [0.25, 0.3) is 11.1 Å². The van der Waals surface area contributed by atoms with E-state index >= 15 is 0 Å². The Kier molecular flexibility index (Phi) is 4.89. The Labute approximate surface area is 191 Å². The van der Waals surface area contributed by atoms with Crippen molar-refractivity contribution < 1.29 is 0 Å². The van der Waals surface area contributed by atoms with Crippen LogP contribution in [0.4, 0.5) is 11.5 Å². The van der Waals surface area contributed by atoms with Gasteiger partial charge >= 0.3 is 5.69 Å². The van der Waals surface area contributed by atoms with Gasteiger partial charge in [-0.1, -0.05) is 34.1 Å². The molecule has 4 aromatic rings. The first-order valence-electron chi connectivity index (χ1n) is 10.4. The van der Waals surface area contributed by atoms with Crippen molar-refractivity contribution in [1.82, 2.24) is 13.7 Å². The van der Waals surface area contributed by atoms with Gasteiger partial charge in [0.1, 0.15) is 11.2 Å². The predicted octanol–water partition coefficient (Wildman–Crippen LogP) is 4.00. The third-order valence-electron chi connectivity index (χ3n) is 5.88. The highest BCUT2D eigenvalue weighted by atomic mass is 79.9. The van der Waals surface area contributed by atoms with Gasteiger partial charge < -0.3 is 5.32 Å². The Morgan fingerprint density at radius 3 is 2.22 bits per heavy atom. The summed E-state index contributed by atoms with van der Waals surface area (Å²) in [5.74, 6) is 0.363. The average molecular weight is 493 g/mol. The van der Waals surface area contributed by atoms with Gasteiger partial charge in [0, 0.05) is 28.8 Å². The molecule has 0 saturated heterocycles. The summed E-state index contributed by atoms with van der Waals surface area (Å²) in [5.41, 5.74) is 0.964. The number of hydrogen-bond acceptors (Lipinski definition) is 4. The van der Waals surface area contributed by atoms with Crippen LogP contribution in [0, 0.1) is 6.92 Å². The molecule has 8 heteroatoms. The van der Waals surface area contributed by atoms with E-state index in [-0.39, 0.29) is 17.2 Å². The van der Waals surface area contributed by atoms with E-state index < -0.39 is 5.69 Å². The van der Waals surface area contributed by atoms with Crippen LogP contribution in [-0.4, -0.2) is 13.7 Å². The lowest BCUT2D eigenvalue weighted by Gasteiger charge is -2.20. The zero-order valence-electron chi connectivity index (χ0n) is 17.6. The van der Waals surface area contributed by atoms with Crippen molar-refractivity contribution in [2.24, 2.45) is 7.05 Å². The molecule has 1 aliphatic carbocycles. The third-order valence-corrected chi connectivity index (χ3v) is 6.41. The molecule has 1 N–H and O–H groups in total. The van der Waals surface area contributed by atoms with Crippen molar-refractivity contribution in [3.63, 3.8) is 0 Å². The fraction of sp³-hybridized carbons (Fsp3) is 0.208. The smallest absolute Gasteiger partial charge is 0.336 e. The molecule has 2 heterocycles. The minimum Gasteiger partial charge on any atom is -0.341 e. The van der Waals surface area contributed by atoms with Crippen molar-refractivity contribution in [2.75, 3.05) is 5.32 Å². The summed E-state index contributed by atoms with van der Waals surface area (Å²) >= 11 is 3.42. The van der Waals surface area contributed by atoms with Crippen LogP contribution in [0.3, 0.4) is 0 Å². The molecule has 2 aromatic carbocycles. The number of para-hydroxylation sites is 1. The molecule has 1 aliphatic rings. The van der Waals surface area contributed by atoms with E-state index in [4.69, 9.17) is 0 Å². The van der Waals surface area contributed by atoms with E-state index in [0.29, 0.717) is 28.0 Å². The molecule has 1 fully saturated rings. The standard InChI is InChI=1S/C24H21BrN4O3/c1-14-20-19(21(27(2)22(14)30)26-16-10-8-15(25)9-11-16)23(31)29(18-12-13-18)24(32)28(20)17-6-4-3-5-7-17/h3-11,18,26H,12-13H2,1-2H3. The second kappa shape index (κ2) is 7.63. The number of aryl methyl sites for hydroxylation is 1. The van der Waals surface area contributed by atoms with Crippen LogP contribution in [0.5, 0.6) is 0 Å². The molecule has 0 radical (unpaired) electrons. The van der Waals surface area contributed by atoms with E-state index in [1.807, 2.05) is 42.5 Å². The van der Waals surface area contributed by atoms with Gasteiger partial charge in [-0.2, -0.15) is 0 Å². The average Bonchev–Trinajstić information content (AvgIpc) is 3.62.